The molecule has 0 saturated carbocycles. The Bertz CT molecular complexity index is 498. The fraction of sp³-hybridized carbons (Fsp3) is 0.385. The number of pyridine rings is 1. The number of nitrogens with two attached hydrogens (primary N) is 1. The number of rotatable bonds is 6. The molecule has 7 heteroatoms. The lowest BCUT2D eigenvalue weighted by Gasteiger charge is -2.18. The molecule has 1 rings (SSSR count). The lowest BCUT2D eigenvalue weighted by molar-refractivity contribution is -0.129. The molecule has 0 fully saturated rings. The molecular weight excluding hydrogens is 276 g/mol. The van der Waals surface area contributed by atoms with Crippen LogP contribution in [0.4, 0.5) is 0 Å². The van der Waals surface area contributed by atoms with Gasteiger partial charge in [-0.15, -0.1) is 0 Å². The number of hydrogen-bond donors (Lipinski definition) is 2. The van der Waals surface area contributed by atoms with E-state index in [9.17, 15) is 9.59 Å². The van der Waals surface area contributed by atoms with E-state index >= 15 is 0 Å². The zero-order valence-corrected chi connectivity index (χ0v) is 12.4. The van der Waals surface area contributed by atoms with Crippen LogP contribution in [0.2, 0.25) is 0 Å². The molecule has 0 unspecified atom stereocenters. The van der Waals surface area contributed by atoms with Gasteiger partial charge in [0.05, 0.1) is 6.54 Å². The van der Waals surface area contributed by atoms with Gasteiger partial charge in [0.2, 0.25) is 5.91 Å². The molecule has 0 aromatic carbocycles. The van der Waals surface area contributed by atoms with Gasteiger partial charge in [0.1, 0.15) is 10.7 Å². The number of hydrogen-bond acceptors (Lipinski definition) is 4. The van der Waals surface area contributed by atoms with Crippen LogP contribution in [0.15, 0.2) is 18.3 Å². The number of thiocarbonyl (C=S) groups is 1. The average Bonchev–Trinajstić information content (AvgIpc) is 2.46. The number of likely N-dealkylation sites (N-methyl/N-ethyl adjacent to an activating group) is 1. The topological polar surface area (TPSA) is 88.3 Å². The van der Waals surface area contributed by atoms with Gasteiger partial charge in [0.25, 0.3) is 5.91 Å². The highest BCUT2D eigenvalue weighted by Crippen LogP contribution is 2.00. The summed E-state index contributed by atoms with van der Waals surface area (Å²) in [6.07, 6.45) is 1.43. The van der Waals surface area contributed by atoms with Gasteiger partial charge in [-0.25, -0.2) is 0 Å². The fourth-order valence-electron chi connectivity index (χ4n) is 1.61. The molecule has 6 nitrogen and oxygen atoms in total. The smallest absolute Gasteiger partial charge is 0.270 e. The van der Waals surface area contributed by atoms with Crippen molar-refractivity contribution < 1.29 is 9.59 Å². The number of carbonyl (C=O) groups excluding carboxylic acids is 2. The average molecular weight is 294 g/mol. The van der Waals surface area contributed by atoms with Gasteiger partial charge in [-0.05, 0) is 26.0 Å². The van der Waals surface area contributed by atoms with E-state index in [1.54, 1.807) is 11.0 Å². The first kappa shape index (κ1) is 16.0. The molecule has 20 heavy (non-hydrogen) atoms. The Morgan fingerprint density at radius 1 is 1.35 bits per heavy atom. The third kappa shape index (κ3) is 4.27. The molecule has 2 amide bonds. The molecule has 0 aliphatic rings. The van der Waals surface area contributed by atoms with E-state index in [4.69, 9.17) is 18.0 Å². The summed E-state index contributed by atoms with van der Waals surface area (Å²) < 4.78 is 0. The molecule has 1 aromatic rings. The van der Waals surface area contributed by atoms with E-state index in [0.717, 1.165) is 0 Å². The Labute approximate surface area is 123 Å². The number of aromatic nitrogens is 1. The van der Waals surface area contributed by atoms with Crippen molar-refractivity contribution in [1.29, 1.82) is 0 Å². The summed E-state index contributed by atoms with van der Waals surface area (Å²) in [5, 5.41) is 2.54. The first-order valence-corrected chi connectivity index (χ1v) is 6.72. The molecule has 0 radical (unpaired) electrons. The zero-order valence-electron chi connectivity index (χ0n) is 11.5. The molecule has 0 saturated heterocycles. The largest absolute Gasteiger partial charge is 0.389 e. The summed E-state index contributed by atoms with van der Waals surface area (Å²) in [4.78, 5) is 29.4. The Balaban J connectivity index is 2.59. The highest BCUT2D eigenvalue weighted by atomic mass is 32.1. The molecule has 1 heterocycles. The van der Waals surface area contributed by atoms with Crippen molar-refractivity contribution in [2.45, 2.75) is 13.8 Å². The minimum absolute atomic E-state index is 0.0424. The zero-order chi connectivity index (χ0) is 15.1. The highest BCUT2D eigenvalue weighted by molar-refractivity contribution is 7.80. The molecule has 0 bridgehead atoms. The standard InChI is InChI=1S/C13H18N4O2S/c1-3-17(4-2)11(18)8-16-13(19)10-6-5-9(7-15-10)12(14)20/h5-7H,3-4,8H2,1-2H3,(H2,14,20)(H,16,19). The second kappa shape index (κ2) is 7.54. The molecular formula is C13H18N4O2S. The Morgan fingerprint density at radius 2 is 2.00 bits per heavy atom. The van der Waals surface area contributed by atoms with Crippen LogP contribution in [-0.2, 0) is 4.79 Å². The summed E-state index contributed by atoms with van der Waals surface area (Å²) in [6, 6.07) is 3.14. The van der Waals surface area contributed by atoms with Crippen LogP contribution in [-0.4, -0.2) is 46.3 Å². The van der Waals surface area contributed by atoms with E-state index in [0.29, 0.717) is 18.7 Å². The first-order chi connectivity index (χ1) is 9.49. The van der Waals surface area contributed by atoms with Crippen LogP contribution in [0.25, 0.3) is 0 Å². The predicted molar refractivity (Wildman–Crippen MR) is 80.4 cm³/mol. The van der Waals surface area contributed by atoms with Crippen LogP contribution < -0.4 is 11.1 Å². The van der Waals surface area contributed by atoms with E-state index in [2.05, 4.69) is 10.3 Å². The molecule has 0 aliphatic heterocycles. The number of amides is 2. The van der Waals surface area contributed by atoms with Gasteiger partial charge < -0.3 is 16.0 Å². The third-order valence-corrected chi connectivity index (χ3v) is 3.03. The first-order valence-electron chi connectivity index (χ1n) is 6.31. The highest BCUT2D eigenvalue weighted by Gasteiger charge is 2.13. The van der Waals surface area contributed by atoms with Crippen LogP contribution >= 0.6 is 12.2 Å². The number of nitrogens with zero attached hydrogens (tertiary/aromatic N) is 2. The maximum atomic E-state index is 11.8. The quantitative estimate of drug-likeness (QED) is 0.737. The predicted octanol–water partition coefficient (Wildman–Crippen LogP) is 0.314. The molecule has 0 spiro atoms. The van der Waals surface area contributed by atoms with E-state index in [-0.39, 0.29) is 23.1 Å². The lowest BCUT2D eigenvalue weighted by atomic mass is 10.2. The van der Waals surface area contributed by atoms with Crippen molar-refractivity contribution in [3.8, 4) is 0 Å². The van der Waals surface area contributed by atoms with Gasteiger partial charge in [0, 0.05) is 24.8 Å². The van der Waals surface area contributed by atoms with E-state index in [1.807, 2.05) is 13.8 Å². The lowest BCUT2D eigenvalue weighted by Crippen LogP contribution is -2.40. The Kier molecular flexibility index (Phi) is 6.05. The van der Waals surface area contributed by atoms with Crippen molar-refractivity contribution in [3.05, 3.63) is 29.6 Å². The molecule has 108 valence electrons. The van der Waals surface area contributed by atoms with E-state index < -0.39 is 5.91 Å². The van der Waals surface area contributed by atoms with E-state index in [1.165, 1.54) is 12.3 Å². The van der Waals surface area contributed by atoms with Gasteiger partial charge in [-0.1, -0.05) is 12.2 Å². The number of carbonyl (C=O) groups is 2. The summed E-state index contributed by atoms with van der Waals surface area (Å²) in [5.41, 5.74) is 6.26. The van der Waals surface area contributed by atoms with Crippen molar-refractivity contribution in [3.63, 3.8) is 0 Å². The summed E-state index contributed by atoms with van der Waals surface area (Å²) in [6.45, 7) is 4.97. The minimum Gasteiger partial charge on any atom is -0.389 e. The number of nitrogens with one attached hydrogen (secondary N) is 1. The van der Waals surface area contributed by atoms with Gasteiger partial charge in [-0.3, -0.25) is 14.6 Å². The van der Waals surface area contributed by atoms with Crippen LogP contribution in [0.3, 0.4) is 0 Å². The van der Waals surface area contributed by atoms with Crippen LogP contribution in [0.5, 0.6) is 0 Å². The maximum absolute atomic E-state index is 11.8. The normalized spacial score (nSPS) is 9.90. The van der Waals surface area contributed by atoms with Crippen molar-refractivity contribution in [1.82, 2.24) is 15.2 Å². The second-order valence-electron chi connectivity index (χ2n) is 4.05. The van der Waals surface area contributed by atoms with Crippen molar-refractivity contribution in [2.24, 2.45) is 5.73 Å². The van der Waals surface area contributed by atoms with Gasteiger partial charge >= 0.3 is 0 Å². The second-order valence-corrected chi connectivity index (χ2v) is 4.48. The third-order valence-electron chi connectivity index (χ3n) is 2.80. The SMILES string of the molecule is CCN(CC)C(=O)CNC(=O)c1ccc(C(N)=S)cn1. The van der Waals surface area contributed by atoms with Crippen LogP contribution in [0, 0.1) is 0 Å². The molecule has 1 aromatic heterocycles. The fourth-order valence-corrected chi connectivity index (χ4v) is 1.73. The van der Waals surface area contributed by atoms with Gasteiger partial charge in [-0.2, -0.15) is 0 Å². The maximum Gasteiger partial charge on any atom is 0.270 e. The molecule has 3 N–H and O–H groups in total. The molecule has 0 aliphatic carbocycles. The van der Waals surface area contributed by atoms with Crippen molar-refractivity contribution in [2.75, 3.05) is 19.6 Å². The summed E-state index contributed by atoms with van der Waals surface area (Å²) >= 11 is 4.80. The Hall–Kier alpha value is -2.02. The monoisotopic (exact) mass is 294 g/mol. The molecule has 0 atom stereocenters. The summed E-state index contributed by atoms with van der Waals surface area (Å²) in [5.74, 6) is -0.525. The van der Waals surface area contributed by atoms with Gasteiger partial charge in [0.15, 0.2) is 0 Å². The minimum atomic E-state index is -0.403. The van der Waals surface area contributed by atoms with Crippen molar-refractivity contribution >= 4 is 29.0 Å². The Morgan fingerprint density at radius 3 is 2.45 bits per heavy atom. The summed E-state index contributed by atoms with van der Waals surface area (Å²) in [7, 11) is 0. The van der Waals surface area contributed by atoms with Crippen LogP contribution in [0.1, 0.15) is 29.9 Å².